The Morgan fingerprint density at radius 3 is 2.77 bits per heavy atom. The molecule has 1 unspecified atom stereocenters. The number of rotatable bonds is 4. The highest BCUT2D eigenvalue weighted by Gasteiger charge is 2.20. The third-order valence-corrected chi connectivity index (χ3v) is 3.94. The van der Waals surface area contributed by atoms with Crippen molar-refractivity contribution < 1.29 is 14.3 Å². The standard InChI is InChI=1S/C20H17N3O3/c24-20(10-9-14-11-21-16-5-1-2-6-17(16)23-14)22-12-15-13-25-18-7-3-4-8-19(18)26-15/h1-11,15H,12-13H2,(H,22,24)/b10-9+. The van der Waals surface area contributed by atoms with Gasteiger partial charge in [-0.05, 0) is 30.3 Å². The highest BCUT2D eigenvalue weighted by atomic mass is 16.6. The molecule has 2 aromatic carbocycles. The fraction of sp³-hybridized carbons (Fsp3) is 0.150. The van der Waals surface area contributed by atoms with E-state index in [1.165, 1.54) is 6.08 Å². The molecule has 130 valence electrons. The number of benzene rings is 2. The van der Waals surface area contributed by atoms with Crippen molar-refractivity contribution in [3.8, 4) is 11.5 Å². The van der Waals surface area contributed by atoms with Gasteiger partial charge in [-0.15, -0.1) is 0 Å². The Bertz CT molecular complexity index is 971. The number of carbonyl (C=O) groups is 1. The molecule has 0 radical (unpaired) electrons. The summed E-state index contributed by atoms with van der Waals surface area (Å²) in [5.74, 6) is 1.20. The summed E-state index contributed by atoms with van der Waals surface area (Å²) < 4.78 is 11.4. The molecule has 6 nitrogen and oxygen atoms in total. The first-order chi connectivity index (χ1) is 12.8. The van der Waals surface area contributed by atoms with Crippen LogP contribution in [0.5, 0.6) is 11.5 Å². The van der Waals surface area contributed by atoms with Crippen molar-refractivity contribution in [3.05, 3.63) is 66.5 Å². The SMILES string of the molecule is O=C(/C=C/c1cnc2ccccc2n1)NCC1COc2ccccc2O1. The normalized spacial score (nSPS) is 15.9. The molecule has 0 bridgehead atoms. The number of hydrogen-bond donors (Lipinski definition) is 1. The van der Waals surface area contributed by atoms with Crippen LogP contribution >= 0.6 is 0 Å². The lowest BCUT2D eigenvalue weighted by Crippen LogP contribution is -2.40. The van der Waals surface area contributed by atoms with E-state index in [-0.39, 0.29) is 12.0 Å². The minimum absolute atomic E-state index is 0.220. The summed E-state index contributed by atoms with van der Waals surface area (Å²) in [6, 6.07) is 15.1. The summed E-state index contributed by atoms with van der Waals surface area (Å²) in [6.07, 6.45) is 4.50. The fourth-order valence-electron chi connectivity index (χ4n) is 2.65. The van der Waals surface area contributed by atoms with Crippen LogP contribution in [0.2, 0.25) is 0 Å². The second-order valence-corrected chi connectivity index (χ2v) is 5.86. The molecule has 3 aromatic rings. The van der Waals surface area contributed by atoms with Crippen molar-refractivity contribution in [2.45, 2.75) is 6.10 Å². The highest BCUT2D eigenvalue weighted by molar-refractivity contribution is 5.91. The summed E-state index contributed by atoms with van der Waals surface area (Å²) in [7, 11) is 0. The lowest BCUT2D eigenvalue weighted by molar-refractivity contribution is -0.116. The quantitative estimate of drug-likeness (QED) is 0.735. The lowest BCUT2D eigenvalue weighted by Gasteiger charge is -2.26. The van der Waals surface area contributed by atoms with Gasteiger partial charge >= 0.3 is 0 Å². The van der Waals surface area contributed by atoms with Gasteiger partial charge in [0, 0.05) is 6.08 Å². The molecular formula is C20H17N3O3. The average molecular weight is 347 g/mol. The number of carbonyl (C=O) groups excluding carboxylic acids is 1. The first-order valence-electron chi connectivity index (χ1n) is 8.34. The van der Waals surface area contributed by atoms with Crippen LogP contribution in [0.25, 0.3) is 17.1 Å². The van der Waals surface area contributed by atoms with Crippen LogP contribution in [0.15, 0.2) is 60.8 Å². The first-order valence-corrected chi connectivity index (χ1v) is 8.34. The molecule has 0 saturated heterocycles. The van der Waals surface area contributed by atoms with Crippen molar-refractivity contribution in [3.63, 3.8) is 0 Å². The molecule has 4 rings (SSSR count). The van der Waals surface area contributed by atoms with E-state index >= 15 is 0 Å². The molecule has 6 heteroatoms. The van der Waals surface area contributed by atoms with Gasteiger partial charge in [-0.1, -0.05) is 24.3 Å². The minimum atomic E-state index is -0.220. The van der Waals surface area contributed by atoms with Crippen LogP contribution in [0, 0.1) is 0 Å². The summed E-state index contributed by atoms with van der Waals surface area (Å²) in [4.78, 5) is 20.8. The molecule has 0 aliphatic carbocycles. The van der Waals surface area contributed by atoms with Gasteiger partial charge in [0.2, 0.25) is 5.91 Å². The zero-order valence-corrected chi connectivity index (χ0v) is 14.0. The van der Waals surface area contributed by atoms with Crippen molar-refractivity contribution in [1.29, 1.82) is 0 Å². The van der Waals surface area contributed by atoms with Gasteiger partial charge in [0.05, 0.1) is 29.5 Å². The smallest absolute Gasteiger partial charge is 0.244 e. The fourth-order valence-corrected chi connectivity index (χ4v) is 2.65. The van der Waals surface area contributed by atoms with Gasteiger partial charge in [0.1, 0.15) is 12.7 Å². The number of hydrogen-bond acceptors (Lipinski definition) is 5. The zero-order valence-electron chi connectivity index (χ0n) is 14.0. The Hall–Kier alpha value is -3.41. The molecule has 1 atom stereocenters. The zero-order chi connectivity index (χ0) is 17.8. The largest absolute Gasteiger partial charge is 0.486 e. The molecule has 1 aliphatic heterocycles. The summed E-state index contributed by atoms with van der Waals surface area (Å²) in [6.45, 7) is 0.762. The maximum atomic E-state index is 12.0. The Balaban J connectivity index is 1.33. The summed E-state index contributed by atoms with van der Waals surface area (Å²) >= 11 is 0. The van der Waals surface area contributed by atoms with Gasteiger partial charge in [-0.3, -0.25) is 9.78 Å². The van der Waals surface area contributed by atoms with Gasteiger partial charge in [0.25, 0.3) is 0 Å². The van der Waals surface area contributed by atoms with E-state index in [9.17, 15) is 4.79 Å². The Morgan fingerprint density at radius 2 is 1.88 bits per heavy atom. The molecule has 26 heavy (non-hydrogen) atoms. The number of nitrogens with one attached hydrogen (secondary N) is 1. The van der Waals surface area contributed by atoms with Crippen LogP contribution in [-0.4, -0.2) is 35.1 Å². The van der Waals surface area contributed by atoms with E-state index in [1.54, 1.807) is 12.3 Å². The van der Waals surface area contributed by atoms with Crippen LogP contribution < -0.4 is 14.8 Å². The highest BCUT2D eigenvalue weighted by Crippen LogP contribution is 2.30. The second-order valence-electron chi connectivity index (χ2n) is 5.86. The van der Waals surface area contributed by atoms with Crippen molar-refractivity contribution in [2.24, 2.45) is 0 Å². The van der Waals surface area contributed by atoms with E-state index in [0.29, 0.717) is 24.6 Å². The number of para-hydroxylation sites is 4. The number of ether oxygens (including phenoxy) is 2. The maximum Gasteiger partial charge on any atom is 0.244 e. The number of fused-ring (bicyclic) bond motifs is 2. The van der Waals surface area contributed by atoms with E-state index in [0.717, 1.165) is 16.8 Å². The molecule has 1 aromatic heterocycles. The van der Waals surface area contributed by atoms with E-state index in [2.05, 4.69) is 15.3 Å². The van der Waals surface area contributed by atoms with Crippen LogP contribution in [0.3, 0.4) is 0 Å². The number of aromatic nitrogens is 2. The van der Waals surface area contributed by atoms with Crippen molar-refractivity contribution in [1.82, 2.24) is 15.3 Å². The van der Waals surface area contributed by atoms with E-state index in [4.69, 9.17) is 9.47 Å². The molecule has 2 heterocycles. The summed E-state index contributed by atoms with van der Waals surface area (Å²) in [5, 5.41) is 2.81. The van der Waals surface area contributed by atoms with Crippen LogP contribution in [0.4, 0.5) is 0 Å². The molecule has 1 amide bonds. The van der Waals surface area contributed by atoms with Crippen molar-refractivity contribution in [2.75, 3.05) is 13.2 Å². The topological polar surface area (TPSA) is 73.3 Å². The maximum absolute atomic E-state index is 12.0. The van der Waals surface area contributed by atoms with Crippen LogP contribution in [0.1, 0.15) is 5.69 Å². The minimum Gasteiger partial charge on any atom is -0.486 e. The summed E-state index contributed by atoms with van der Waals surface area (Å²) in [5.41, 5.74) is 2.25. The second kappa shape index (κ2) is 7.23. The first kappa shape index (κ1) is 16.1. The average Bonchev–Trinajstić information content (AvgIpc) is 2.70. The Kier molecular flexibility index (Phi) is 4.47. The third kappa shape index (κ3) is 3.64. The lowest BCUT2D eigenvalue weighted by atomic mass is 10.2. The molecule has 1 aliphatic rings. The molecule has 1 N–H and O–H groups in total. The Labute approximate surface area is 150 Å². The van der Waals surface area contributed by atoms with Gasteiger partial charge in [0.15, 0.2) is 11.5 Å². The third-order valence-electron chi connectivity index (χ3n) is 3.94. The van der Waals surface area contributed by atoms with Crippen LogP contribution in [-0.2, 0) is 4.79 Å². The number of nitrogens with zero attached hydrogens (tertiary/aromatic N) is 2. The monoisotopic (exact) mass is 347 g/mol. The predicted octanol–water partition coefficient (Wildman–Crippen LogP) is 2.60. The molecule has 0 spiro atoms. The van der Waals surface area contributed by atoms with E-state index < -0.39 is 0 Å². The predicted molar refractivity (Wildman–Crippen MR) is 97.9 cm³/mol. The van der Waals surface area contributed by atoms with Gasteiger partial charge in [-0.2, -0.15) is 0 Å². The van der Waals surface area contributed by atoms with Gasteiger partial charge in [-0.25, -0.2) is 4.98 Å². The molecular weight excluding hydrogens is 330 g/mol. The van der Waals surface area contributed by atoms with E-state index in [1.807, 2.05) is 48.5 Å². The van der Waals surface area contributed by atoms with Gasteiger partial charge < -0.3 is 14.8 Å². The molecule has 0 saturated carbocycles. The Morgan fingerprint density at radius 1 is 1.12 bits per heavy atom. The molecule has 0 fully saturated rings. The number of amides is 1. The van der Waals surface area contributed by atoms with Crippen molar-refractivity contribution >= 4 is 23.0 Å².